The Morgan fingerprint density at radius 3 is 2.21 bits per heavy atom. The molecule has 3 aromatic carbocycles. The van der Waals surface area contributed by atoms with E-state index in [1.165, 1.54) is 13.0 Å². The molecule has 2 N–H and O–H groups in total. The van der Waals surface area contributed by atoms with Gasteiger partial charge in [0.25, 0.3) is 11.8 Å². The molecule has 0 aliphatic carbocycles. The molecule has 0 saturated heterocycles. The molecule has 0 unspecified atom stereocenters. The summed E-state index contributed by atoms with van der Waals surface area (Å²) in [6.07, 6.45) is -4.47. The zero-order valence-electron chi connectivity index (χ0n) is 17.4. The van der Waals surface area contributed by atoms with E-state index in [1.807, 2.05) is 0 Å². The fourth-order valence-electron chi connectivity index (χ4n) is 2.92. The number of esters is 1. The second-order valence-corrected chi connectivity index (χ2v) is 7.03. The Morgan fingerprint density at radius 2 is 1.55 bits per heavy atom. The molecule has 0 heterocycles. The van der Waals surface area contributed by atoms with Crippen molar-refractivity contribution in [3.63, 3.8) is 0 Å². The van der Waals surface area contributed by atoms with Crippen LogP contribution in [-0.2, 0) is 17.5 Å². The van der Waals surface area contributed by atoms with Crippen molar-refractivity contribution < 1.29 is 32.3 Å². The Balaban J connectivity index is 1.61. The molecule has 9 heteroatoms. The molecule has 0 fully saturated rings. The zero-order valence-corrected chi connectivity index (χ0v) is 17.4. The van der Waals surface area contributed by atoms with Crippen LogP contribution in [0.3, 0.4) is 0 Å². The maximum Gasteiger partial charge on any atom is 0.416 e. The molecule has 0 bridgehead atoms. The van der Waals surface area contributed by atoms with Gasteiger partial charge in [-0.15, -0.1) is 0 Å². The zero-order chi connectivity index (χ0) is 24.0. The summed E-state index contributed by atoms with van der Waals surface area (Å²) in [5, 5.41) is 5.35. The largest absolute Gasteiger partial charge is 0.427 e. The fraction of sp³-hybridized carbons (Fsp3) is 0.125. The maximum absolute atomic E-state index is 12.6. The van der Waals surface area contributed by atoms with Gasteiger partial charge in [0.1, 0.15) is 5.75 Å². The topological polar surface area (TPSA) is 84.5 Å². The van der Waals surface area contributed by atoms with Crippen LogP contribution < -0.4 is 15.4 Å². The lowest BCUT2D eigenvalue weighted by molar-refractivity contribution is -0.137. The smallest absolute Gasteiger partial charge is 0.416 e. The van der Waals surface area contributed by atoms with Crippen LogP contribution in [0.15, 0.2) is 72.8 Å². The van der Waals surface area contributed by atoms with Gasteiger partial charge in [0.2, 0.25) is 0 Å². The molecule has 33 heavy (non-hydrogen) atoms. The number of anilines is 1. The first kappa shape index (κ1) is 23.5. The molecular weight excluding hydrogens is 437 g/mol. The molecule has 0 aliphatic heterocycles. The molecule has 170 valence electrons. The Kier molecular flexibility index (Phi) is 7.12. The highest BCUT2D eigenvalue weighted by Crippen LogP contribution is 2.29. The number of alkyl halides is 3. The third-order valence-electron chi connectivity index (χ3n) is 4.47. The van der Waals surface area contributed by atoms with Gasteiger partial charge in [-0.2, -0.15) is 13.2 Å². The van der Waals surface area contributed by atoms with E-state index in [-0.39, 0.29) is 23.4 Å². The predicted octanol–water partition coefficient (Wildman–Crippen LogP) is 4.81. The van der Waals surface area contributed by atoms with E-state index >= 15 is 0 Å². The lowest BCUT2D eigenvalue weighted by Crippen LogP contribution is -2.23. The van der Waals surface area contributed by atoms with Gasteiger partial charge in [0, 0.05) is 30.3 Å². The predicted molar refractivity (Wildman–Crippen MR) is 115 cm³/mol. The van der Waals surface area contributed by atoms with Gasteiger partial charge in [-0.1, -0.05) is 18.2 Å². The Morgan fingerprint density at radius 1 is 0.848 bits per heavy atom. The van der Waals surface area contributed by atoms with E-state index in [0.29, 0.717) is 11.3 Å². The fourth-order valence-corrected chi connectivity index (χ4v) is 2.92. The van der Waals surface area contributed by atoms with Crippen LogP contribution in [0.25, 0.3) is 0 Å². The van der Waals surface area contributed by atoms with Crippen LogP contribution in [-0.4, -0.2) is 17.8 Å². The quantitative estimate of drug-likeness (QED) is 0.412. The number of ether oxygens (including phenoxy) is 1. The van der Waals surface area contributed by atoms with E-state index < -0.39 is 29.5 Å². The average molecular weight is 456 g/mol. The minimum absolute atomic E-state index is 0.0973. The van der Waals surface area contributed by atoms with Gasteiger partial charge in [0.05, 0.1) is 5.56 Å². The first-order valence-corrected chi connectivity index (χ1v) is 9.76. The van der Waals surface area contributed by atoms with Crippen molar-refractivity contribution in [2.24, 2.45) is 0 Å². The second kappa shape index (κ2) is 9.99. The van der Waals surface area contributed by atoms with Gasteiger partial charge in [-0.05, 0) is 60.2 Å². The number of benzene rings is 3. The van der Waals surface area contributed by atoms with E-state index in [0.717, 1.165) is 24.3 Å². The summed E-state index contributed by atoms with van der Waals surface area (Å²) >= 11 is 0. The molecule has 0 atom stereocenters. The number of hydrogen-bond donors (Lipinski definition) is 2. The monoisotopic (exact) mass is 456 g/mol. The van der Waals surface area contributed by atoms with Crippen LogP contribution >= 0.6 is 0 Å². The number of carbonyl (C=O) groups excluding carboxylic acids is 3. The lowest BCUT2D eigenvalue weighted by Gasteiger charge is -2.10. The minimum atomic E-state index is -4.47. The van der Waals surface area contributed by atoms with Gasteiger partial charge in [-0.25, -0.2) is 0 Å². The van der Waals surface area contributed by atoms with E-state index in [9.17, 15) is 27.6 Å². The van der Waals surface area contributed by atoms with Crippen LogP contribution in [0.5, 0.6) is 5.75 Å². The van der Waals surface area contributed by atoms with Gasteiger partial charge in [0.15, 0.2) is 0 Å². The first-order chi connectivity index (χ1) is 15.6. The summed E-state index contributed by atoms with van der Waals surface area (Å²) in [7, 11) is 0. The third-order valence-corrected chi connectivity index (χ3v) is 4.47. The Labute approximate surface area is 187 Å². The number of nitrogens with one attached hydrogen (secondary N) is 2. The summed E-state index contributed by atoms with van der Waals surface area (Å²) < 4.78 is 42.9. The molecule has 0 aliphatic rings. The van der Waals surface area contributed by atoms with Crippen LogP contribution in [0.4, 0.5) is 18.9 Å². The molecule has 0 saturated carbocycles. The summed E-state index contributed by atoms with van der Waals surface area (Å²) in [6, 6.07) is 16.8. The van der Waals surface area contributed by atoms with Gasteiger partial charge in [-0.3, -0.25) is 14.4 Å². The highest BCUT2D eigenvalue weighted by Gasteiger charge is 2.30. The Hall–Kier alpha value is -4.14. The first-order valence-electron chi connectivity index (χ1n) is 9.76. The number of rotatable bonds is 6. The molecular formula is C24H19F3N2O4. The summed E-state index contributed by atoms with van der Waals surface area (Å²) in [4.78, 5) is 35.8. The lowest BCUT2D eigenvalue weighted by atomic mass is 10.1. The van der Waals surface area contributed by atoms with Gasteiger partial charge >= 0.3 is 12.1 Å². The summed E-state index contributed by atoms with van der Waals surface area (Å²) in [6.45, 7) is 1.36. The van der Waals surface area contributed by atoms with Crippen LogP contribution in [0, 0.1) is 0 Å². The van der Waals surface area contributed by atoms with Crippen molar-refractivity contribution in [1.82, 2.24) is 5.32 Å². The molecule has 3 aromatic rings. The number of carbonyl (C=O) groups is 3. The minimum Gasteiger partial charge on any atom is -0.427 e. The SMILES string of the molecule is CC(=O)Oc1cccc(C(=O)Nc2cccc(CNC(=O)c3ccc(C(F)(F)F)cc3)c2)c1. The number of hydrogen-bond acceptors (Lipinski definition) is 4. The molecule has 2 amide bonds. The standard InChI is InChI=1S/C24H19F3N2O4/c1-15(30)33-21-7-3-5-18(13-21)23(32)29-20-6-2-4-16(12-20)14-28-22(31)17-8-10-19(11-9-17)24(25,26)27/h2-13H,14H2,1H3,(H,28,31)(H,29,32). The van der Waals surface area contributed by atoms with E-state index in [2.05, 4.69) is 10.6 Å². The van der Waals surface area contributed by atoms with Crippen LogP contribution in [0.1, 0.15) is 38.8 Å². The highest BCUT2D eigenvalue weighted by molar-refractivity contribution is 6.04. The molecule has 6 nitrogen and oxygen atoms in total. The van der Waals surface area contributed by atoms with Crippen molar-refractivity contribution in [2.45, 2.75) is 19.6 Å². The number of amides is 2. The average Bonchev–Trinajstić information content (AvgIpc) is 2.77. The highest BCUT2D eigenvalue weighted by atomic mass is 19.4. The molecule has 0 radical (unpaired) electrons. The van der Waals surface area contributed by atoms with Crippen molar-refractivity contribution in [1.29, 1.82) is 0 Å². The molecule has 0 aromatic heterocycles. The molecule has 0 spiro atoms. The van der Waals surface area contributed by atoms with Crippen LogP contribution in [0.2, 0.25) is 0 Å². The van der Waals surface area contributed by atoms with Crippen molar-refractivity contribution in [3.05, 3.63) is 95.1 Å². The van der Waals surface area contributed by atoms with Crippen molar-refractivity contribution in [3.8, 4) is 5.75 Å². The van der Waals surface area contributed by atoms with Gasteiger partial charge < -0.3 is 15.4 Å². The van der Waals surface area contributed by atoms with E-state index in [4.69, 9.17) is 4.74 Å². The summed E-state index contributed by atoms with van der Waals surface area (Å²) in [5.41, 5.74) is 0.691. The second-order valence-electron chi connectivity index (χ2n) is 7.03. The summed E-state index contributed by atoms with van der Waals surface area (Å²) in [5.74, 6) is -1.20. The normalized spacial score (nSPS) is 10.9. The van der Waals surface area contributed by atoms with Crippen molar-refractivity contribution in [2.75, 3.05) is 5.32 Å². The van der Waals surface area contributed by atoms with Crippen molar-refractivity contribution >= 4 is 23.5 Å². The Bertz CT molecular complexity index is 1170. The number of halogens is 3. The molecule has 3 rings (SSSR count). The third kappa shape index (κ3) is 6.67. The maximum atomic E-state index is 12.6. The van der Waals surface area contributed by atoms with E-state index in [1.54, 1.807) is 42.5 Å².